The van der Waals surface area contributed by atoms with Crippen LogP contribution in [0.1, 0.15) is 21.3 Å². The van der Waals surface area contributed by atoms with Crippen LogP contribution in [0.15, 0.2) is 42.5 Å². The number of aromatic carboxylic acids is 1. The Labute approximate surface area is 128 Å². The van der Waals surface area contributed by atoms with E-state index in [9.17, 15) is 4.79 Å². The van der Waals surface area contributed by atoms with E-state index >= 15 is 0 Å². The smallest absolute Gasteiger partial charge is 0.345 e. The molecule has 21 heavy (non-hydrogen) atoms. The maximum absolute atomic E-state index is 11.1. The van der Waals surface area contributed by atoms with Crippen molar-refractivity contribution in [3.63, 3.8) is 0 Å². The molecule has 1 aromatic carbocycles. The number of hydrogen-bond acceptors (Lipinski definition) is 4. The highest BCUT2D eigenvalue weighted by Gasteiger charge is 2.28. The van der Waals surface area contributed by atoms with Gasteiger partial charge in [-0.25, -0.2) is 4.79 Å². The highest BCUT2D eigenvalue weighted by molar-refractivity contribution is 7.17. The summed E-state index contributed by atoms with van der Waals surface area (Å²) in [5, 5.41) is 10.1. The van der Waals surface area contributed by atoms with Crippen LogP contribution in [0.2, 0.25) is 0 Å². The summed E-state index contributed by atoms with van der Waals surface area (Å²) in [4.78, 5) is 16.1. The standard InChI is InChI=1S/C16H18N2O2S/c1-17-9-10-18(15-8-7-14(21-15)16(19)20)13(11-17)12-5-3-2-4-6-12/h2-8,13H,9-11H2,1H3,(H,19,20)/t13-/m1/s1. The average molecular weight is 302 g/mol. The minimum absolute atomic E-state index is 0.269. The van der Waals surface area contributed by atoms with Gasteiger partial charge in [-0.05, 0) is 24.7 Å². The lowest BCUT2D eigenvalue weighted by Crippen LogP contribution is -2.46. The second-order valence-corrected chi connectivity index (χ2v) is 6.39. The van der Waals surface area contributed by atoms with Crippen LogP contribution in [0, 0.1) is 0 Å². The Balaban J connectivity index is 1.92. The van der Waals surface area contributed by atoms with E-state index in [0.717, 1.165) is 24.6 Å². The van der Waals surface area contributed by atoms with E-state index in [1.807, 2.05) is 12.1 Å². The summed E-state index contributed by atoms with van der Waals surface area (Å²) < 4.78 is 0. The summed E-state index contributed by atoms with van der Waals surface area (Å²) in [5.74, 6) is -0.850. The second-order valence-electron chi connectivity index (χ2n) is 5.33. The van der Waals surface area contributed by atoms with Crippen LogP contribution in [0.4, 0.5) is 5.00 Å². The molecule has 110 valence electrons. The fraction of sp³-hybridized carbons (Fsp3) is 0.312. The molecule has 0 aliphatic carbocycles. The van der Waals surface area contributed by atoms with E-state index in [1.165, 1.54) is 16.9 Å². The molecule has 2 aromatic rings. The zero-order valence-corrected chi connectivity index (χ0v) is 12.7. The number of nitrogens with zero attached hydrogens (tertiary/aromatic N) is 2. The normalized spacial score (nSPS) is 19.7. The number of piperazine rings is 1. The average Bonchev–Trinajstić information content (AvgIpc) is 2.98. The van der Waals surface area contributed by atoms with Crippen molar-refractivity contribution < 1.29 is 9.90 Å². The van der Waals surface area contributed by atoms with Gasteiger partial charge in [-0.2, -0.15) is 0 Å². The number of thiophene rings is 1. The van der Waals surface area contributed by atoms with Crippen molar-refractivity contribution in [2.24, 2.45) is 0 Å². The van der Waals surface area contributed by atoms with Crippen molar-refractivity contribution in [2.45, 2.75) is 6.04 Å². The highest BCUT2D eigenvalue weighted by atomic mass is 32.1. The van der Waals surface area contributed by atoms with Gasteiger partial charge >= 0.3 is 5.97 Å². The van der Waals surface area contributed by atoms with Crippen LogP contribution in [-0.2, 0) is 0 Å². The number of anilines is 1. The predicted molar refractivity (Wildman–Crippen MR) is 85.3 cm³/mol. The van der Waals surface area contributed by atoms with Gasteiger partial charge in [0.2, 0.25) is 0 Å². The van der Waals surface area contributed by atoms with E-state index in [4.69, 9.17) is 5.11 Å². The number of rotatable bonds is 3. The molecule has 1 saturated heterocycles. The first-order chi connectivity index (χ1) is 10.1. The first-order valence-electron chi connectivity index (χ1n) is 6.98. The van der Waals surface area contributed by atoms with E-state index in [0.29, 0.717) is 4.88 Å². The molecule has 5 heteroatoms. The van der Waals surface area contributed by atoms with E-state index in [2.05, 4.69) is 41.1 Å². The Morgan fingerprint density at radius 1 is 1.19 bits per heavy atom. The van der Waals surface area contributed by atoms with E-state index in [1.54, 1.807) is 6.07 Å². The summed E-state index contributed by atoms with van der Waals surface area (Å²) in [6.07, 6.45) is 0. The SMILES string of the molecule is CN1CCN(c2ccc(C(=O)O)s2)[C@@H](c2ccccc2)C1. The van der Waals surface area contributed by atoms with Gasteiger partial charge in [0.05, 0.1) is 11.0 Å². The van der Waals surface area contributed by atoms with Gasteiger partial charge in [0, 0.05) is 19.6 Å². The van der Waals surface area contributed by atoms with E-state index < -0.39 is 5.97 Å². The molecule has 3 rings (SSSR count). The highest BCUT2D eigenvalue weighted by Crippen LogP contribution is 2.35. The monoisotopic (exact) mass is 302 g/mol. The summed E-state index contributed by atoms with van der Waals surface area (Å²) in [7, 11) is 2.13. The summed E-state index contributed by atoms with van der Waals surface area (Å²) in [5.41, 5.74) is 1.27. The van der Waals surface area contributed by atoms with Crippen molar-refractivity contribution in [2.75, 3.05) is 31.6 Å². The summed E-state index contributed by atoms with van der Waals surface area (Å²) in [6, 6.07) is 14.3. The number of likely N-dealkylation sites (N-methyl/N-ethyl adjacent to an activating group) is 1. The van der Waals surface area contributed by atoms with Crippen LogP contribution < -0.4 is 4.90 Å². The third-order valence-electron chi connectivity index (χ3n) is 3.85. The quantitative estimate of drug-likeness (QED) is 0.947. The fourth-order valence-electron chi connectivity index (χ4n) is 2.74. The lowest BCUT2D eigenvalue weighted by Gasteiger charge is -2.41. The van der Waals surface area contributed by atoms with Crippen molar-refractivity contribution in [3.8, 4) is 0 Å². The molecule has 1 fully saturated rings. The molecule has 0 unspecified atom stereocenters. The molecule has 0 saturated carbocycles. The molecule has 4 nitrogen and oxygen atoms in total. The third kappa shape index (κ3) is 2.94. The van der Waals surface area contributed by atoms with Crippen molar-refractivity contribution >= 4 is 22.3 Å². The van der Waals surface area contributed by atoms with Crippen LogP contribution in [0.3, 0.4) is 0 Å². The fourth-order valence-corrected chi connectivity index (χ4v) is 3.66. The van der Waals surface area contributed by atoms with Gasteiger partial charge in [-0.15, -0.1) is 11.3 Å². The largest absolute Gasteiger partial charge is 0.477 e. The molecule has 1 N–H and O–H groups in total. The van der Waals surface area contributed by atoms with Crippen molar-refractivity contribution in [1.29, 1.82) is 0 Å². The molecule has 0 spiro atoms. The van der Waals surface area contributed by atoms with Crippen molar-refractivity contribution in [1.82, 2.24) is 4.90 Å². The van der Waals surface area contributed by atoms with Crippen LogP contribution in [-0.4, -0.2) is 42.7 Å². The summed E-state index contributed by atoms with van der Waals surface area (Å²) >= 11 is 1.36. The van der Waals surface area contributed by atoms with Crippen LogP contribution in [0.25, 0.3) is 0 Å². The lowest BCUT2D eigenvalue weighted by molar-refractivity contribution is 0.0702. The number of carboxylic acids is 1. The number of carboxylic acid groups (broad SMARTS) is 1. The number of benzene rings is 1. The van der Waals surface area contributed by atoms with Gasteiger partial charge in [0.15, 0.2) is 0 Å². The molecule has 0 amide bonds. The third-order valence-corrected chi connectivity index (χ3v) is 4.96. The van der Waals surface area contributed by atoms with Gasteiger partial charge in [0.25, 0.3) is 0 Å². The Morgan fingerprint density at radius 2 is 1.95 bits per heavy atom. The molecular formula is C16H18N2O2S. The summed E-state index contributed by atoms with van der Waals surface area (Å²) in [6.45, 7) is 2.85. The number of carbonyl (C=O) groups is 1. The van der Waals surface area contributed by atoms with Crippen LogP contribution in [0.5, 0.6) is 0 Å². The molecule has 1 aliphatic rings. The molecular weight excluding hydrogens is 284 g/mol. The zero-order valence-electron chi connectivity index (χ0n) is 11.9. The van der Waals surface area contributed by atoms with Gasteiger partial charge in [-0.3, -0.25) is 0 Å². The zero-order chi connectivity index (χ0) is 14.8. The molecule has 0 bridgehead atoms. The van der Waals surface area contributed by atoms with Crippen molar-refractivity contribution in [3.05, 3.63) is 52.9 Å². The molecule has 0 radical (unpaired) electrons. The molecule has 2 heterocycles. The Bertz CT molecular complexity index is 626. The Hall–Kier alpha value is -1.85. The van der Waals surface area contributed by atoms with Gasteiger partial charge < -0.3 is 14.9 Å². The first-order valence-corrected chi connectivity index (χ1v) is 7.80. The molecule has 1 atom stereocenters. The maximum atomic E-state index is 11.1. The van der Waals surface area contributed by atoms with E-state index in [-0.39, 0.29) is 6.04 Å². The second kappa shape index (κ2) is 5.87. The van der Waals surface area contributed by atoms with Gasteiger partial charge in [0.1, 0.15) is 4.88 Å². The minimum Gasteiger partial charge on any atom is -0.477 e. The maximum Gasteiger partial charge on any atom is 0.345 e. The lowest BCUT2D eigenvalue weighted by atomic mass is 10.0. The number of hydrogen-bond donors (Lipinski definition) is 1. The molecule has 1 aliphatic heterocycles. The van der Waals surface area contributed by atoms with Crippen LogP contribution >= 0.6 is 11.3 Å². The Morgan fingerprint density at radius 3 is 2.62 bits per heavy atom. The first kappa shape index (κ1) is 14.1. The molecule has 1 aromatic heterocycles. The Kier molecular flexibility index (Phi) is 3.94. The topological polar surface area (TPSA) is 43.8 Å². The van der Waals surface area contributed by atoms with Gasteiger partial charge in [-0.1, -0.05) is 30.3 Å². The predicted octanol–water partition coefficient (Wildman–Crippen LogP) is 2.94. The minimum atomic E-state index is -0.850.